The number of nitrogens with two attached hydrogens (primary N) is 1. The second kappa shape index (κ2) is 6.16. The van der Waals surface area contributed by atoms with Gasteiger partial charge in [0.25, 0.3) is 5.91 Å². The number of rotatable bonds is 4. The molecule has 1 unspecified atom stereocenters. The van der Waals surface area contributed by atoms with Gasteiger partial charge in [0.05, 0.1) is 6.04 Å². The van der Waals surface area contributed by atoms with Gasteiger partial charge in [0.15, 0.2) is 0 Å². The molecule has 1 amide bonds. The quantitative estimate of drug-likeness (QED) is 0.766. The highest BCUT2D eigenvalue weighted by atomic mass is 19.4. The smallest absolute Gasteiger partial charge is 0.406 e. The molecule has 0 radical (unpaired) electrons. The van der Waals surface area contributed by atoms with Gasteiger partial charge in [0.1, 0.15) is 11.4 Å². The van der Waals surface area contributed by atoms with Crippen molar-refractivity contribution in [2.45, 2.75) is 19.3 Å². The molecule has 0 fully saturated rings. The predicted molar refractivity (Wildman–Crippen MR) is 87.4 cm³/mol. The summed E-state index contributed by atoms with van der Waals surface area (Å²) >= 11 is 0. The molecule has 0 spiro atoms. The molecule has 2 N–H and O–H groups in total. The van der Waals surface area contributed by atoms with Crippen LogP contribution in [0.2, 0.25) is 0 Å². The molecule has 3 aromatic rings. The zero-order valence-corrected chi connectivity index (χ0v) is 13.2. The zero-order valence-electron chi connectivity index (χ0n) is 13.2. The minimum Gasteiger partial charge on any atom is -0.406 e. The summed E-state index contributed by atoms with van der Waals surface area (Å²) in [4.78, 5) is 11.8. The SMILES string of the molecule is CC(c1ccc(OC(F)(F)F)cc1)n1c(C(N)=O)cc2ccccc21. The zero-order chi connectivity index (χ0) is 18.2. The van der Waals surface area contributed by atoms with Gasteiger partial charge in [-0.15, -0.1) is 13.2 Å². The van der Waals surface area contributed by atoms with E-state index in [1.807, 2.05) is 31.2 Å². The van der Waals surface area contributed by atoms with Gasteiger partial charge in [-0.2, -0.15) is 0 Å². The van der Waals surface area contributed by atoms with Gasteiger partial charge in [-0.25, -0.2) is 0 Å². The Hall–Kier alpha value is -2.96. The number of hydrogen-bond acceptors (Lipinski definition) is 2. The van der Waals surface area contributed by atoms with Crippen molar-refractivity contribution in [3.05, 3.63) is 65.9 Å². The predicted octanol–water partition coefficient (Wildman–Crippen LogP) is 4.25. The summed E-state index contributed by atoms with van der Waals surface area (Å²) in [6, 6.07) is 14.4. The summed E-state index contributed by atoms with van der Waals surface area (Å²) in [5.41, 5.74) is 7.36. The van der Waals surface area contributed by atoms with Gasteiger partial charge in [0, 0.05) is 10.9 Å². The van der Waals surface area contributed by atoms with Crippen LogP contribution in [0.3, 0.4) is 0 Å². The number of carbonyl (C=O) groups excluding carboxylic acids is 1. The average molecular weight is 348 g/mol. The normalized spacial score (nSPS) is 13.0. The lowest BCUT2D eigenvalue weighted by molar-refractivity contribution is -0.274. The standard InChI is InChI=1S/C18H15F3N2O2/c1-11(12-6-8-14(9-7-12)25-18(19,20)21)23-15-5-3-2-4-13(15)10-16(23)17(22)24/h2-11H,1H3,(H2,22,24). The number of carbonyl (C=O) groups is 1. The first kappa shape index (κ1) is 16.9. The van der Waals surface area contributed by atoms with E-state index in [-0.39, 0.29) is 11.8 Å². The average Bonchev–Trinajstić information content (AvgIpc) is 2.93. The first-order valence-electron chi connectivity index (χ1n) is 7.52. The lowest BCUT2D eigenvalue weighted by Gasteiger charge is -2.19. The van der Waals surface area contributed by atoms with Crippen molar-refractivity contribution >= 4 is 16.8 Å². The van der Waals surface area contributed by atoms with E-state index in [1.165, 1.54) is 24.3 Å². The number of para-hydroxylation sites is 1. The highest BCUT2D eigenvalue weighted by Crippen LogP contribution is 2.30. The Balaban J connectivity index is 2.01. The number of aromatic nitrogens is 1. The summed E-state index contributed by atoms with van der Waals surface area (Å²) in [5, 5.41) is 0.861. The molecule has 0 aliphatic rings. The van der Waals surface area contributed by atoms with Gasteiger partial charge in [-0.05, 0) is 36.8 Å². The molecule has 0 saturated carbocycles. The van der Waals surface area contributed by atoms with E-state index in [0.717, 1.165) is 16.5 Å². The topological polar surface area (TPSA) is 57.2 Å². The molecule has 1 heterocycles. The number of benzene rings is 2. The largest absolute Gasteiger partial charge is 0.573 e. The number of ether oxygens (including phenoxy) is 1. The Labute approximate surface area is 141 Å². The van der Waals surface area contributed by atoms with E-state index in [1.54, 1.807) is 10.6 Å². The van der Waals surface area contributed by atoms with E-state index < -0.39 is 12.3 Å². The fourth-order valence-electron chi connectivity index (χ4n) is 2.88. The van der Waals surface area contributed by atoms with E-state index in [9.17, 15) is 18.0 Å². The van der Waals surface area contributed by atoms with Crippen molar-refractivity contribution in [1.82, 2.24) is 4.57 Å². The maximum Gasteiger partial charge on any atom is 0.573 e. The summed E-state index contributed by atoms with van der Waals surface area (Å²) in [7, 11) is 0. The number of fused-ring (bicyclic) bond motifs is 1. The van der Waals surface area contributed by atoms with Crippen LogP contribution in [0.4, 0.5) is 13.2 Å². The van der Waals surface area contributed by atoms with Gasteiger partial charge in [-0.3, -0.25) is 4.79 Å². The molecule has 0 saturated heterocycles. The van der Waals surface area contributed by atoms with E-state index in [4.69, 9.17) is 5.73 Å². The number of amides is 1. The highest BCUT2D eigenvalue weighted by molar-refractivity contribution is 5.98. The summed E-state index contributed by atoms with van der Waals surface area (Å²) in [5.74, 6) is -0.865. The van der Waals surface area contributed by atoms with E-state index in [0.29, 0.717) is 5.69 Å². The molecule has 1 aromatic heterocycles. The van der Waals surface area contributed by atoms with Crippen LogP contribution in [0, 0.1) is 0 Å². The molecule has 2 aromatic carbocycles. The first-order chi connectivity index (χ1) is 11.8. The van der Waals surface area contributed by atoms with E-state index >= 15 is 0 Å². The lowest BCUT2D eigenvalue weighted by atomic mass is 10.1. The van der Waals surface area contributed by atoms with Gasteiger partial charge < -0.3 is 15.0 Å². The Kier molecular flexibility index (Phi) is 4.16. The fourth-order valence-corrected chi connectivity index (χ4v) is 2.88. The van der Waals surface area contributed by atoms with Crippen molar-refractivity contribution in [2.24, 2.45) is 5.73 Å². The number of primary amides is 1. The van der Waals surface area contributed by atoms with Crippen LogP contribution < -0.4 is 10.5 Å². The third kappa shape index (κ3) is 3.45. The molecule has 25 heavy (non-hydrogen) atoms. The molecule has 0 bridgehead atoms. The van der Waals surface area contributed by atoms with Crippen LogP contribution in [0.25, 0.3) is 10.9 Å². The van der Waals surface area contributed by atoms with Crippen molar-refractivity contribution in [2.75, 3.05) is 0 Å². The van der Waals surface area contributed by atoms with Crippen LogP contribution in [0.5, 0.6) is 5.75 Å². The fraction of sp³-hybridized carbons (Fsp3) is 0.167. The van der Waals surface area contributed by atoms with Crippen molar-refractivity contribution in [1.29, 1.82) is 0 Å². The third-order valence-electron chi connectivity index (χ3n) is 3.98. The Morgan fingerprint density at radius 3 is 2.36 bits per heavy atom. The van der Waals surface area contributed by atoms with Crippen molar-refractivity contribution in [3.63, 3.8) is 0 Å². The maximum atomic E-state index is 12.3. The monoisotopic (exact) mass is 348 g/mol. The number of hydrogen-bond donors (Lipinski definition) is 1. The Bertz CT molecular complexity index is 914. The van der Waals surface area contributed by atoms with Crippen LogP contribution in [0.1, 0.15) is 29.0 Å². The van der Waals surface area contributed by atoms with Gasteiger partial charge in [-0.1, -0.05) is 30.3 Å². The summed E-state index contributed by atoms with van der Waals surface area (Å²) in [6.45, 7) is 1.85. The second-order valence-corrected chi connectivity index (χ2v) is 5.62. The molecule has 0 aliphatic carbocycles. The summed E-state index contributed by atoms with van der Waals surface area (Å²) < 4.78 is 42.4. The molecule has 1 atom stereocenters. The molecular weight excluding hydrogens is 333 g/mol. The van der Waals surface area contributed by atoms with Gasteiger partial charge >= 0.3 is 6.36 Å². The number of nitrogens with zero attached hydrogens (tertiary/aromatic N) is 1. The highest BCUT2D eigenvalue weighted by Gasteiger charge is 2.31. The number of alkyl halides is 3. The summed E-state index contributed by atoms with van der Waals surface area (Å²) in [6.07, 6.45) is -4.73. The minimum atomic E-state index is -4.73. The van der Waals surface area contributed by atoms with Crippen LogP contribution >= 0.6 is 0 Å². The molecule has 3 rings (SSSR count). The van der Waals surface area contributed by atoms with Gasteiger partial charge in [0.2, 0.25) is 0 Å². The van der Waals surface area contributed by atoms with E-state index in [2.05, 4.69) is 4.74 Å². The van der Waals surface area contributed by atoms with Crippen molar-refractivity contribution < 1.29 is 22.7 Å². The van der Waals surface area contributed by atoms with Crippen LogP contribution in [-0.2, 0) is 0 Å². The minimum absolute atomic E-state index is 0.295. The van der Waals surface area contributed by atoms with Crippen molar-refractivity contribution in [3.8, 4) is 5.75 Å². The first-order valence-corrected chi connectivity index (χ1v) is 7.52. The third-order valence-corrected chi connectivity index (χ3v) is 3.98. The lowest BCUT2D eigenvalue weighted by Crippen LogP contribution is -2.19. The Morgan fingerprint density at radius 1 is 1.12 bits per heavy atom. The molecule has 7 heteroatoms. The van der Waals surface area contributed by atoms with Crippen LogP contribution in [0.15, 0.2) is 54.6 Å². The molecular formula is C18H15F3N2O2. The molecule has 0 aliphatic heterocycles. The molecule has 130 valence electrons. The maximum absolute atomic E-state index is 12.3. The van der Waals surface area contributed by atoms with Crippen LogP contribution in [-0.4, -0.2) is 16.8 Å². The second-order valence-electron chi connectivity index (χ2n) is 5.62. The number of halogens is 3. The molecule has 4 nitrogen and oxygen atoms in total. The Morgan fingerprint density at radius 2 is 1.76 bits per heavy atom.